The summed E-state index contributed by atoms with van der Waals surface area (Å²) in [5.74, 6) is 1.80. The van der Waals surface area contributed by atoms with Gasteiger partial charge in [-0.2, -0.15) is 0 Å². The molecule has 0 unspecified atom stereocenters. The highest BCUT2D eigenvalue weighted by atomic mass is 32.2. The molecule has 0 atom stereocenters. The van der Waals surface area contributed by atoms with Gasteiger partial charge in [-0.25, -0.2) is 9.97 Å². The quantitative estimate of drug-likeness (QED) is 0.387. The van der Waals surface area contributed by atoms with E-state index in [9.17, 15) is 4.79 Å². The number of nitrogens with zero attached hydrogens (tertiary/aromatic N) is 5. The van der Waals surface area contributed by atoms with Crippen molar-refractivity contribution in [1.29, 1.82) is 0 Å². The number of rotatable bonds is 6. The molecule has 182 valence electrons. The van der Waals surface area contributed by atoms with Crippen LogP contribution in [0, 0.1) is 0 Å². The number of aromatic nitrogens is 2. The van der Waals surface area contributed by atoms with Crippen molar-refractivity contribution in [2.45, 2.75) is 10.9 Å². The fraction of sp³-hybridized carbons (Fsp3) is 0.370. The summed E-state index contributed by atoms with van der Waals surface area (Å²) in [6.45, 7) is 6.51. The average Bonchev–Trinajstić information content (AvgIpc) is 2.93. The lowest BCUT2D eigenvalue weighted by Gasteiger charge is -2.32. The van der Waals surface area contributed by atoms with Gasteiger partial charge < -0.3 is 19.4 Å². The summed E-state index contributed by atoms with van der Waals surface area (Å²) in [5.41, 5.74) is 3.91. The zero-order valence-corrected chi connectivity index (χ0v) is 20.9. The van der Waals surface area contributed by atoms with Crippen molar-refractivity contribution in [3.8, 4) is 11.3 Å². The van der Waals surface area contributed by atoms with Crippen LogP contribution in [-0.4, -0.2) is 85.2 Å². The lowest BCUT2D eigenvalue weighted by Crippen LogP contribution is -2.47. The number of carbonyl (C=O) groups is 1. The van der Waals surface area contributed by atoms with Crippen LogP contribution in [0.3, 0.4) is 0 Å². The highest BCUT2D eigenvalue weighted by molar-refractivity contribution is 7.98. The molecule has 0 radical (unpaired) electrons. The van der Waals surface area contributed by atoms with Gasteiger partial charge in [-0.1, -0.05) is 54.2 Å². The molecule has 7 nitrogen and oxygen atoms in total. The van der Waals surface area contributed by atoms with Crippen molar-refractivity contribution in [3.05, 3.63) is 71.8 Å². The monoisotopic (exact) mass is 489 g/mol. The van der Waals surface area contributed by atoms with E-state index in [1.807, 2.05) is 47.4 Å². The van der Waals surface area contributed by atoms with Gasteiger partial charge in [-0.05, 0) is 24.7 Å². The van der Waals surface area contributed by atoms with Crippen LogP contribution in [0.15, 0.2) is 65.8 Å². The predicted molar refractivity (Wildman–Crippen MR) is 140 cm³/mol. The van der Waals surface area contributed by atoms with Gasteiger partial charge >= 0.3 is 0 Å². The fourth-order valence-electron chi connectivity index (χ4n) is 4.27. The first-order valence-electron chi connectivity index (χ1n) is 12.1. The molecule has 3 heterocycles. The predicted octanol–water partition coefficient (Wildman–Crippen LogP) is 3.66. The maximum atomic E-state index is 12.8. The van der Waals surface area contributed by atoms with E-state index in [4.69, 9.17) is 14.7 Å². The SMILES string of the molecule is CN1CCN(C(=O)c2ccc(CSc3nc(-c4ccccc4)cc(N4CCOCC4)n3)cc2)CC1. The number of morpholine rings is 1. The first-order valence-corrected chi connectivity index (χ1v) is 13.1. The number of likely N-dealkylation sites (N-methyl/N-ethyl adjacent to an activating group) is 1. The van der Waals surface area contributed by atoms with Crippen LogP contribution in [0.5, 0.6) is 0 Å². The Hall–Kier alpha value is -2.94. The number of anilines is 1. The topological polar surface area (TPSA) is 61.8 Å². The Bertz CT molecular complexity index is 1130. The third kappa shape index (κ3) is 6.01. The van der Waals surface area contributed by atoms with Crippen molar-refractivity contribution in [2.75, 3.05) is 64.4 Å². The molecule has 35 heavy (non-hydrogen) atoms. The van der Waals surface area contributed by atoms with Crippen molar-refractivity contribution in [3.63, 3.8) is 0 Å². The van der Waals surface area contributed by atoms with Gasteiger partial charge in [0.1, 0.15) is 5.82 Å². The number of carbonyl (C=O) groups excluding carboxylic acids is 1. The zero-order valence-electron chi connectivity index (χ0n) is 20.1. The van der Waals surface area contributed by atoms with Crippen molar-refractivity contribution < 1.29 is 9.53 Å². The number of piperazine rings is 1. The Labute approximate surface area is 211 Å². The van der Waals surface area contributed by atoms with Gasteiger partial charge in [0, 0.05) is 62.2 Å². The average molecular weight is 490 g/mol. The second-order valence-corrected chi connectivity index (χ2v) is 9.88. The Morgan fingerprint density at radius 3 is 2.34 bits per heavy atom. The highest BCUT2D eigenvalue weighted by Gasteiger charge is 2.20. The summed E-state index contributed by atoms with van der Waals surface area (Å²) < 4.78 is 5.52. The smallest absolute Gasteiger partial charge is 0.253 e. The number of thioether (sulfide) groups is 1. The maximum absolute atomic E-state index is 12.8. The largest absolute Gasteiger partial charge is 0.378 e. The molecule has 0 saturated carbocycles. The molecule has 0 aliphatic carbocycles. The van der Waals surface area contributed by atoms with Crippen molar-refractivity contribution >= 4 is 23.5 Å². The van der Waals surface area contributed by atoms with Crippen molar-refractivity contribution in [2.24, 2.45) is 0 Å². The van der Waals surface area contributed by atoms with E-state index in [1.54, 1.807) is 11.8 Å². The summed E-state index contributed by atoms with van der Waals surface area (Å²) in [6, 6.07) is 20.3. The molecule has 1 amide bonds. The minimum atomic E-state index is 0.117. The van der Waals surface area contributed by atoms with Gasteiger partial charge in [0.15, 0.2) is 5.16 Å². The molecular formula is C27H31N5O2S. The van der Waals surface area contributed by atoms with Crippen LogP contribution in [0.4, 0.5) is 5.82 Å². The molecule has 2 aliphatic rings. The van der Waals surface area contributed by atoms with E-state index in [1.165, 1.54) is 0 Å². The summed E-state index contributed by atoms with van der Waals surface area (Å²) in [5, 5.41) is 0.755. The molecule has 0 bridgehead atoms. The Morgan fingerprint density at radius 1 is 0.914 bits per heavy atom. The normalized spacial score (nSPS) is 16.9. The second-order valence-electron chi connectivity index (χ2n) is 8.94. The molecule has 2 aliphatic heterocycles. The minimum absolute atomic E-state index is 0.117. The standard InChI is InChI=1S/C27H31N5O2S/c1-30-11-13-32(14-12-30)26(33)23-9-7-21(8-10-23)20-35-27-28-24(22-5-3-2-4-6-22)19-25(29-27)31-15-17-34-18-16-31/h2-10,19H,11-18,20H2,1H3. The minimum Gasteiger partial charge on any atom is -0.378 e. The lowest BCUT2D eigenvalue weighted by molar-refractivity contribution is 0.0664. The summed E-state index contributed by atoms with van der Waals surface area (Å²) in [4.78, 5) is 29.0. The van der Waals surface area contributed by atoms with Crippen LogP contribution < -0.4 is 4.90 Å². The molecule has 2 saturated heterocycles. The summed E-state index contributed by atoms with van der Waals surface area (Å²) in [7, 11) is 2.09. The molecule has 0 N–H and O–H groups in total. The van der Waals surface area contributed by atoms with Gasteiger partial charge in [0.25, 0.3) is 5.91 Å². The number of benzene rings is 2. The van der Waals surface area contributed by atoms with Crippen LogP contribution in [0.2, 0.25) is 0 Å². The van der Waals surface area contributed by atoms with E-state index in [0.29, 0.717) is 13.2 Å². The third-order valence-electron chi connectivity index (χ3n) is 6.46. The van der Waals surface area contributed by atoms with Crippen molar-refractivity contribution in [1.82, 2.24) is 19.8 Å². The summed E-state index contributed by atoms with van der Waals surface area (Å²) >= 11 is 1.62. The van der Waals surface area contributed by atoms with Crippen LogP contribution in [0.25, 0.3) is 11.3 Å². The van der Waals surface area contributed by atoms with E-state index in [0.717, 1.165) is 78.4 Å². The molecular weight excluding hydrogens is 458 g/mol. The van der Waals surface area contributed by atoms with Crippen LogP contribution in [-0.2, 0) is 10.5 Å². The summed E-state index contributed by atoms with van der Waals surface area (Å²) in [6.07, 6.45) is 0. The maximum Gasteiger partial charge on any atom is 0.253 e. The number of amides is 1. The van der Waals surface area contributed by atoms with Gasteiger partial charge in [-0.15, -0.1) is 0 Å². The first kappa shape index (κ1) is 23.8. The van der Waals surface area contributed by atoms with E-state index in [2.05, 4.69) is 35.0 Å². The number of ether oxygens (including phenoxy) is 1. The number of hydrogen-bond acceptors (Lipinski definition) is 7. The molecule has 5 rings (SSSR count). The Morgan fingerprint density at radius 2 is 1.63 bits per heavy atom. The highest BCUT2D eigenvalue weighted by Crippen LogP contribution is 2.28. The van der Waals surface area contributed by atoms with Crippen LogP contribution in [0.1, 0.15) is 15.9 Å². The third-order valence-corrected chi connectivity index (χ3v) is 7.37. The van der Waals surface area contributed by atoms with Gasteiger partial charge in [0.05, 0.1) is 18.9 Å². The molecule has 1 aromatic heterocycles. The number of hydrogen-bond donors (Lipinski definition) is 0. The second kappa shape index (κ2) is 11.2. The molecule has 3 aromatic rings. The molecule has 2 aromatic carbocycles. The molecule has 2 fully saturated rings. The van der Waals surface area contributed by atoms with E-state index in [-0.39, 0.29) is 5.91 Å². The lowest BCUT2D eigenvalue weighted by atomic mass is 10.1. The van der Waals surface area contributed by atoms with E-state index >= 15 is 0 Å². The van der Waals surface area contributed by atoms with E-state index < -0.39 is 0 Å². The van der Waals surface area contributed by atoms with Gasteiger partial charge in [-0.3, -0.25) is 4.79 Å². The van der Waals surface area contributed by atoms with Gasteiger partial charge in [0.2, 0.25) is 0 Å². The van der Waals surface area contributed by atoms with Crippen LogP contribution >= 0.6 is 11.8 Å². The fourth-order valence-corrected chi connectivity index (χ4v) is 5.08. The zero-order chi connectivity index (χ0) is 24.0. The molecule has 8 heteroatoms. The Kier molecular flexibility index (Phi) is 7.61. The molecule has 0 spiro atoms. The Balaban J connectivity index is 1.29. The first-order chi connectivity index (χ1) is 17.2.